The zero-order chi connectivity index (χ0) is 17.9. The highest BCUT2D eigenvalue weighted by molar-refractivity contribution is 7.22. The number of para-hydroxylation sites is 1. The summed E-state index contributed by atoms with van der Waals surface area (Å²) in [4.78, 5) is 33.5. The summed E-state index contributed by atoms with van der Waals surface area (Å²) < 4.78 is 1.02. The maximum absolute atomic E-state index is 12.2. The van der Waals surface area contributed by atoms with Gasteiger partial charge in [-0.25, -0.2) is 9.97 Å². The van der Waals surface area contributed by atoms with Gasteiger partial charge in [-0.15, -0.1) is 22.7 Å². The molecule has 0 saturated carbocycles. The van der Waals surface area contributed by atoms with E-state index in [4.69, 9.17) is 0 Å². The molecule has 4 rings (SSSR count). The van der Waals surface area contributed by atoms with Crippen LogP contribution < -0.4 is 10.6 Å². The van der Waals surface area contributed by atoms with Crippen molar-refractivity contribution in [1.82, 2.24) is 9.97 Å². The summed E-state index contributed by atoms with van der Waals surface area (Å²) in [6, 6.07) is 11.3. The van der Waals surface area contributed by atoms with Crippen LogP contribution in [0.25, 0.3) is 10.2 Å². The Morgan fingerprint density at radius 3 is 2.65 bits per heavy atom. The average molecular weight is 401 g/mol. The van der Waals surface area contributed by atoms with Crippen LogP contribution in [0.15, 0.2) is 47.2 Å². The molecule has 0 unspecified atom stereocenters. The Morgan fingerprint density at radius 1 is 0.962 bits per heavy atom. The molecule has 3 heterocycles. The number of rotatable bonds is 5. The fourth-order valence-electron chi connectivity index (χ4n) is 2.27. The number of carbonyl (C=O) groups is 2. The van der Waals surface area contributed by atoms with Crippen molar-refractivity contribution >= 4 is 66.3 Å². The number of carbonyl (C=O) groups excluding carboxylic acids is 2. The first-order valence-corrected chi connectivity index (χ1v) is 10.2. The highest BCUT2D eigenvalue weighted by atomic mass is 32.1. The quantitative estimate of drug-likeness (QED) is 0.525. The highest BCUT2D eigenvalue weighted by Crippen LogP contribution is 2.25. The summed E-state index contributed by atoms with van der Waals surface area (Å²) in [5.74, 6) is -0.384. The summed E-state index contributed by atoms with van der Waals surface area (Å²) in [6.45, 7) is 0. The maximum atomic E-state index is 12.2. The number of thiophene rings is 1. The van der Waals surface area contributed by atoms with Crippen LogP contribution in [0.1, 0.15) is 15.4 Å². The average Bonchev–Trinajstić information content (AvgIpc) is 3.34. The minimum absolute atomic E-state index is 0.126. The largest absolute Gasteiger partial charge is 0.302 e. The standard InChI is InChI=1S/C17H12N4O2S3/c22-14(20-17-19-11-4-1-2-5-12(11)26-17)8-10-9-25-16(18-10)21-15(23)13-6-3-7-24-13/h1-7,9H,8H2,(H,18,21,23)(H,19,20,22). The lowest BCUT2D eigenvalue weighted by molar-refractivity contribution is -0.115. The summed E-state index contributed by atoms with van der Waals surface area (Å²) in [5.41, 5.74) is 1.47. The molecule has 0 aliphatic heterocycles. The molecule has 4 aromatic rings. The molecule has 6 nitrogen and oxygen atoms in total. The van der Waals surface area contributed by atoms with Crippen LogP contribution in [0.2, 0.25) is 0 Å². The molecule has 2 amide bonds. The molecular formula is C17H12N4O2S3. The summed E-state index contributed by atoms with van der Waals surface area (Å²) in [6.07, 6.45) is 0.126. The van der Waals surface area contributed by atoms with E-state index in [0.717, 1.165) is 10.2 Å². The second-order valence-corrected chi connectivity index (χ2v) is 8.12. The first-order chi connectivity index (χ1) is 12.7. The van der Waals surface area contributed by atoms with Gasteiger partial charge in [0, 0.05) is 5.38 Å². The highest BCUT2D eigenvalue weighted by Gasteiger charge is 2.13. The van der Waals surface area contributed by atoms with Gasteiger partial charge < -0.3 is 5.32 Å². The molecule has 0 radical (unpaired) electrons. The van der Waals surface area contributed by atoms with Crippen molar-refractivity contribution in [3.05, 3.63) is 57.7 Å². The number of hydrogen-bond donors (Lipinski definition) is 2. The third kappa shape index (κ3) is 3.79. The Bertz CT molecular complexity index is 1040. The first-order valence-electron chi connectivity index (χ1n) is 7.62. The fraction of sp³-hybridized carbons (Fsp3) is 0.0588. The smallest absolute Gasteiger partial charge is 0.267 e. The molecule has 1 aromatic carbocycles. The monoisotopic (exact) mass is 400 g/mol. The van der Waals surface area contributed by atoms with Gasteiger partial charge in [-0.1, -0.05) is 29.5 Å². The van der Waals surface area contributed by atoms with Gasteiger partial charge in [0.15, 0.2) is 10.3 Å². The lowest BCUT2D eigenvalue weighted by atomic mass is 10.3. The molecule has 2 N–H and O–H groups in total. The number of aromatic nitrogens is 2. The Morgan fingerprint density at radius 2 is 1.85 bits per heavy atom. The van der Waals surface area contributed by atoms with Crippen LogP contribution in [-0.4, -0.2) is 21.8 Å². The van der Waals surface area contributed by atoms with Crippen molar-refractivity contribution in [2.24, 2.45) is 0 Å². The van der Waals surface area contributed by atoms with E-state index in [0.29, 0.717) is 20.8 Å². The van der Waals surface area contributed by atoms with E-state index in [2.05, 4.69) is 20.6 Å². The SMILES string of the molecule is O=C(Cc1csc(NC(=O)c2cccs2)n1)Nc1nc2ccccc2s1. The molecular weight excluding hydrogens is 388 g/mol. The van der Waals surface area contributed by atoms with Crippen molar-refractivity contribution in [2.75, 3.05) is 10.6 Å². The number of nitrogens with one attached hydrogen (secondary N) is 2. The topological polar surface area (TPSA) is 84.0 Å². The zero-order valence-electron chi connectivity index (χ0n) is 13.3. The van der Waals surface area contributed by atoms with E-state index in [1.54, 1.807) is 11.4 Å². The van der Waals surface area contributed by atoms with Crippen LogP contribution in [-0.2, 0) is 11.2 Å². The number of fused-ring (bicyclic) bond motifs is 1. The minimum atomic E-state index is -0.195. The predicted molar refractivity (Wildman–Crippen MR) is 106 cm³/mol. The fourth-order valence-corrected chi connectivity index (χ4v) is 4.47. The molecule has 0 atom stereocenters. The first kappa shape index (κ1) is 16.8. The maximum Gasteiger partial charge on any atom is 0.267 e. The van der Waals surface area contributed by atoms with E-state index < -0.39 is 0 Å². The molecule has 0 bridgehead atoms. The Labute approximate surface area is 160 Å². The van der Waals surface area contributed by atoms with Crippen LogP contribution in [0, 0.1) is 0 Å². The van der Waals surface area contributed by atoms with E-state index >= 15 is 0 Å². The molecule has 3 aromatic heterocycles. The Kier molecular flexibility index (Phi) is 4.74. The van der Waals surface area contributed by atoms with Gasteiger partial charge >= 0.3 is 0 Å². The molecule has 26 heavy (non-hydrogen) atoms. The summed E-state index contributed by atoms with van der Waals surface area (Å²) in [7, 11) is 0. The van der Waals surface area contributed by atoms with Gasteiger partial charge in [-0.3, -0.25) is 14.9 Å². The Hall–Kier alpha value is -2.62. The number of benzene rings is 1. The van der Waals surface area contributed by atoms with Crippen LogP contribution >= 0.6 is 34.0 Å². The lowest BCUT2D eigenvalue weighted by Gasteiger charge is -1.99. The molecule has 0 spiro atoms. The summed E-state index contributed by atoms with van der Waals surface area (Å²) >= 11 is 4.09. The molecule has 0 aliphatic carbocycles. The van der Waals surface area contributed by atoms with Crippen molar-refractivity contribution in [2.45, 2.75) is 6.42 Å². The molecule has 0 aliphatic rings. The van der Waals surface area contributed by atoms with Gasteiger partial charge in [0.25, 0.3) is 5.91 Å². The predicted octanol–water partition coefficient (Wildman–Crippen LogP) is 4.25. The number of hydrogen-bond acceptors (Lipinski definition) is 7. The van der Waals surface area contributed by atoms with Crippen molar-refractivity contribution in [3.63, 3.8) is 0 Å². The van der Waals surface area contributed by atoms with Gasteiger partial charge in [0.05, 0.1) is 27.2 Å². The molecule has 0 fully saturated rings. The third-order valence-corrected chi connectivity index (χ3v) is 6.03. The minimum Gasteiger partial charge on any atom is -0.302 e. The number of anilines is 2. The normalized spacial score (nSPS) is 10.8. The van der Waals surface area contributed by atoms with Gasteiger partial charge in [-0.2, -0.15) is 0 Å². The van der Waals surface area contributed by atoms with Crippen molar-refractivity contribution in [1.29, 1.82) is 0 Å². The molecule has 9 heteroatoms. The molecule has 0 saturated heterocycles. The van der Waals surface area contributed by atoms with Crippen molar-refractivity contribution < 1.29 is 9.59 Å². The summed E-state index contributed by atoms with van der Waals surface area (Å²) in [5, 5.41) is 10.2. The number of thiazole rings is 2. The second-order valence-electron chi connectivity index (χ2n) is 5.29. The number of amides is 2. The van der Waals surface area contributed by atoms with E-state index in [1.165, 1.54) is 34.0 Å². The van der Waals surface area contributed by atoms with Crippen LogP contribution in [0.3, 0.4) is 0 Å². The third-order valence-electron chi connectivity index (χ3n) is 3.40. The van der Waals surface area contributed by atoms with Gasteiger partial charge in [0.1, 0.15) is 0 Å². The Balaban J connectivity index is 1.37. The van der Waals surface area contributed by atoms with Crippen LogP contribution in [0.4, 0.5) is 10.3 Å². The van der Waals surface area contributed by atoms with E-state index in [9.17, 15) is 9.59 Å². The zero-order valence-corrected chi connectivity index (χ0v) is 15.7. The second kappa shape index (κ2) is 7.32. The van der Waals surface area contributed by atoms with Gasteiger partial charge in [0.2, 0.25) is 5.91 Å². The van der Waals surface area contributed by atoms with E-state index in [-0.39, 0.29) is 18.2 Å². The lowest BCUT2D eigenvalue weighted by Crippen LogP contribution is -2.14. The number of nitrogens with zero attached hydrogens (tertiary/aromatic N) is 2. The van der Waals surface area contributed by atoms with Crippen LogP contribution in [0.5, 0.6) is 0 Å². The van der Waals surface area contributed by atoms with Crippen molar-refractivity contribution in [3.8, 4) is 0 Å². The molecule has 130 valence electrons. The van der Waals surface area contributed by atoms with Gasteiger partial charge in [-0.05, 0) is 23.6 Å². The van der Waals surface area contributed by atoms with E-state index in [1.807, 2.05) is 35.7 Å².